The second kappa shape index (κ2) is 4.74. The van der Waals surface area contributed by atoms with Crippen LogP contribution in [0.3, 0.4) is 0 Å². The van der Waals surface area contributed by atoms with E-state index in [1.165, 1.54) is 12.8 Å². The summed E-state index contributed by atoms with van der Waals surface area (Å²) in [7, 11) is 0. The van der Waals surface area contributed by atoms with Crippen LogP contribution >= 0.6 is 0 Å². The zero-order valence-corrected chi connectivity index (χ0v) is 9.66. The molecule has 0 saturated carbocycles. The minimum Gasteiger partial charge on any atom is -0.504 e. The molecule has 1 heterocycles. The summed E-state index contributed by atoms with van der Waals surface area (Å²) in [5.74, 6) is 0.0701. The largest absolute Gasteiger partial charge is 0.504 e. The van der Waals surface area contributed by atoms with Crippen molar-refractivity contribution in [2.24, 2.45) is 0 Å². The number of benzene rings is 1. The fourth-order valence-corrected chi connectivity index (χ4v) is 2.25. The molecule has 2 rings (SSSR count). The van der Waals surface area contributed by atoms with E-state index in [1.54, 1.807) is 6.92 Å². The van der Waals surface area contributed by atoms with E-state index in [9.17, 15) is 10.2 Å². The van der Waals surface area contributed by atoms with Crippen LogP contribution in [0.1, 0.15) is 30.4 Å². The van der Waals surface area contributed by atoms with Crippen molar-refractivity contribution in [3.8, 4) is 11.5 Å². The number of hydrogen-bond acceptors (Lipinski definition) is 3. The molecule has 1 aliphatic heterocycles. The number of aryl methyl sites for hydroxylation is 1. The van der Waals surface area contributed by atoms with Crippen molar-refractivity contribution in [1.82, 2.24) is 5.32 Å². The van der Waals surface area contributed by atoms with Crippen molar-refractivity contribution in [2.75, 3.05) is 6.54 Å². The molecule has 1 unspecified atom stereocenters. The average Bonchev–Trinajstić information content (AvgIpc) is 2.31. The van der Waals surface area contributed by atoms with Gasteiger partial charge in [-0.25, -0.2) is 0 Å². The second-order valence-corrected chi connectivity index (χ2v) is 4.59. The summed E-state index contributed by atoms with van der Waals surface area (Å²) in [6, 6.07) is 4.19. The van der Waals surface area contributed by atoms with Gasteiger partial charge in [-0.3, -0.25) is 0 Å². The number of hydrogen-bond donors (Lipinski definition) is 3. The van der Waals surface area contributed by atoms with Gasteiger partial charge in [0.05, 0.1) is 0 Å². The van der Waals surface area contributed by atoms with Crippen LogP contribution in [0.15, 0.2) is 12.1 Å². The third-order valence-electron chi connectivity index (χ3n) is 3.32. The first kappa shape index (κ1) is 11.3. The molecule has 1 aliphatic rings. The highest BCUT2D eigenvalue weighted by Crippen LogP contribution is 2.33. The van der Waals surface area contributed by atoms with Gasteiger partial charge in [0.2, 0.25) is 0 Å². The molecule has 1 aromatic carbocycles. The first-order chi connectivity index (χ1) is 7.68. The molecule has 1 fully saturated rings. The van der Waals surface area contributed by atoms with E-state index in [4.69, 9.17) is 0 Å². The molecular formula is C13H19NO2. The lowest BCUT2D eigenvalue weighted by Crippen LogP contribution is -2.35. The van der Waals surface area contributed by atoms with Crippen molar-refractivity contribution in [1.29, 1.82) is 0 Å². The van der Waals surface area contributed by atoms with Gasteiger partial charge in [-0.05, 0) is 43.9 Å². The van der Waals surface area contributed by atoms with Crippen molar-refractivity contribution in [2.45, 2.75) is 38.6 Å². The number of rotatable bonds is 2. The number of phenolic OH excluding ortho intramolecular Hbond substituents is 2. The molecule has 3 N–H and O–H groups in total. The topological polar surface area (TPSA) is 52.5 Å². The summed E-state index contributed by atoms with van der Waals surface area (Å²) < 4.78 is 0. The maximum Gasteiger partial charge on any atom is 0.161 e. The first-order valence-corrected chi connectivity index (χ1v) is 5.92. The van der Waals surface area contributed by atoms with E-state index >= 15 is 0 Å². The first-order valence-electron chi connectivity index (χ1n) is 5.92. The predicted octanol–water partition coefficient (Wildman–Crippen LogP) is 2.09. The van der Waals surface area contributed by atoms with Crippen LogP contribution in [0.25, 0.3) is 0 Å². The summed E-state index contributed by atoms with van der Waals surface area (Å²) in [6.45, 7) is 2.85. The van der Waals surface area contributed by atoms with E-state index in [0.717, 1.165) is 30.5 Å². The van der Waals surface area contributed by atoms with Crippen LogP contribution in [0.5, 0.6) is 11.5 Å². The van der Waals surface area contributed by atoms with Crippen LogP contribution in [0.2, 0.25) is 0 Å². The van der Waals surface area contributed by atoms with Crippen LogP contribution in [-0.4, -0.2) is 22.8 Å². The van der Waals surface area contributed by atoms with Gasteiger partial charge in [-0.2, -0.15) is 0 Å². The lowest BCUT2D eigenvalue weighted by molar-refractivity contribution is 0.377. The fourth-order valence-electron chi connectivity index (χ4n) is 2.25. The molecule has 3 heteroatoms. The Morgan fingerprint density at radius 3 is 2.75 bits per heavy atom. The Balaban J connectivity index is 2.11. The molecule has 0 spiro atoms. The van der Waals surface area contributed by atoms with Gasteiger partial charge in [0.25, 0.3) is 0 Å². The van der Waals surface area contributed by atoms with Gasteiger partial charge in [0.15, 0.2) is 11.5 Å². The Morgan fingerprint density at radius 1 is 1.25 bits per heavy atom. The Kier molecular flexibility index (Phi) is 3.34. The van der Waals surface area contributed by atoms with Crippen molar-refractivity contribution in [3.63, 3.8) is 0 Å². The van der Waals surface area contributed by atoms with Crippen molar-refractivity contribution in [3.05, 3.63) is 23.3 Å². The van der Waals surface area contributed by atoms with Gasteiger partial charge in [-0.15, -0.1) is 0 Å². The van der Waals surface area contributed by atoms with Crippen LogP contribution in [-0.2, 0) is 6.42 Å². The highest BCUT2D eigenvalue weighted by atomic mass is 16.3. The van der Waals surface area contributed by atoms with Crippen LogP contribution in [0.4, 0.5) is 0 Å². The summed E-state index contributed by atoms with van der Waals surface area (Å²) in [4.78, 5) is 0. The summed E-state index contributed by atoms with van der Waals surface area (Å²) in [5.41, 5.74) is 1.56. The lowest BCUT2D eigenvalue weighted by atomic mass is 9.96. The smallest absolute Gasteiger partial charge is 0.161 e. The SMILES string of the molecule is Cc1ccc(CC2CCCCN2)c(O)c1O. The Hall–Kier alpha value is -1.22. The van der Waals surface area contributed by atoms with Crippen molar-refractivity contribution < 1.29 is 10.2 Å². The third kappa shape index (κ3) is 2.30. The van der Waals surface area contributed by atoms with Gasteiger partial charge in [0, 0.05) is 6.04 Å². The van der Waals surface area contributed by atoms with Gasteiger partial charge in [-0.1, -0.05) is 18.6 Å². The molecule has 0 aliphatic carbocycles. The minimum absolute atomic E-state index is 0.0216. The van der Waals surface area contributed by atoms with Gasteiger partial charge >= 0.3 is 0 Å². The molecule has 0 bridgehead atoms. The Labute approximate surface area is 96.1 Å². The number of piperidine rings is 1. The van der Waals surface area contributed by atoms with Crippen LogP contribution in [0, 0.1) is 6.92 Å². The van der Waals surface area contributed by atoms with Gasteiger partial charge < -0.3 is 15.5 Å². The molecule has 1 saturated heterocycles. The zero-order valence-electron chi connectivity index (χ0n) is 9.66. The van der Waals surface area contributed by atoms with E-state index in [-0.39, 0.29) is 11.5 Å². The van der Waals surface area contributed by atoms with E-state index in [0.29, 0.717) is 6.04 Å². The Morgan fingerprint density at radius 2 is 2.06 bits per heavy atom. The zero-order chi connectivity index (χ0) is 11.5. The molecule has 16 heavy (non-hydrogen) atoms. The molecule has 1 aromatic rings. The highest BCUT2D eigenvalue weighted by Gasteiger charge is 2.16. The second-order valence-electron chi connectivity index (χ2n) is 4.59. The molecule has 88 valence electrons. The third-order valence-corrected chi connectivity index (χ3v) is 3.32. The molecule has 0 aromatic heterocycles. The quantitative estimate of drug-likeness (QED) is 0.670. The van der Waals surface area contributed by atoms with Crippen LogP contribution < -0.4 is 5.32 Å². The average molecular weight is 221 g/mol. The van der Waals surface area contributed by atoms with E-state index in [2.05, 4.69) is 5.32 Å². The summed E-state index contributed by atoms with van der Waals surface area (Å²) >= 11 is 0. The maximum absolute atomic E-state index is 9.83. The summed E-state index contributed by atoms with van der Waals surface area (Å²) in [6.07, 6.45) is 4.42. The summed E-state index contributed by atoms with van der Waals surface area (Å²) in [5, 5.41) is 22.9. The van der Waals surface area contributed by atoms with E-state index < -0.39 is 0 Å². The predicted molar refractivity (Wildman–Crippen MR) is 63.9 cm³/mol. The monoisotopic (exact) mass is 221 g/mol. The standard InChI is InChI=1S/C13H19NO2/c1-9-5-6-10(13(16)12(9)15)8-11-4-2-3-7-14-11/h5-6,11,14-16H,2-4,7-8H2,1H3. The highest BCUT2D eigenvalue weighted by molar-refractivity contribution is 5.49. The normalized spacial score (nSPS) is 20.9. The molecule has 0 amide bonds. The van der Waals surface area contributed by atoms with Crippen molar-refractivity contribution >= 4 is 0 Å². The Bertz CT molecular complexity index is 370. The minimum atomic E-state index is 0.0216. The molecule has 0 radical (unpaired) electrons. The lowest BCUT2D eigenvalue weighted by Gasteiger charge is -2.24. The molecular weight excluding hydrogens is 202 g/mol. The fraction of sp³-hybridized carbons (Fsp3) is 0.538. The number of aromatic hydroxyl groups is 2. The molecule has 1 atom stereocenters. The number of phenols is 2. The maximum atomic E-state index is 9.83. The van der Waals surface area contributed by atoms with E-state index in [1.807, 2.05) is 12.1 Å². The number of nitrogens with one attached hydrogen (secondary N) is 1. The molecule has 3 nitrogen and oxygen atoms in total. The van der Waals surface area contributed by atoms with Gasteiger partial charge in [0.1, 0.15) is 0 Å².